The summed E-state index contributed by atoms with van der Waals surface area (Å²) in [6.07, 6.45) is 0. The van der Waals surface area contributed by atoms with E-state index in [1.807, 2.05) is 0 Å². The summed E-state index contributed by atoms with van der Waals surface area (Å²) in [7, 11) is -4.12. The summed E-state index contributed by atoms with van der Waals surface area (Å²) in [6, 6.07) is 8.02. The molecule has 5 nitrogen and oxygen atoms in total. The van der Waals surface area contributed by atoms with Crippen molar-refractivity contribution in [2.24, 2.45) is 0 Å². The number of carboxylic acid groups (broad SMARTS) is 1. The fraction of sp³-hybridized carbons (Fsp3) is 0. The van der Waals surface area contributed by atoms with Crippen molar-refractivity contribution in [3.05, 3.63) is 58.9 Å². The Bertz CT molecular complexity index is 808. The highest BCUT2D eigenvalue weighted by molar-refractivity contribution is 7.92. The number of hydrogen-bond acceptors (Lipinski definition) is 3. The maximum atomic E-state index is 13.1. The predicted octanol–water partition coefficient (Wildman–Crippen LogP) is 2.98. The first-order valence-electron chi connectivity index (χ1n) is 5.61. The van der Waals surface area contributed by atoms with Gasteiger partial charge in [-0.3, -0.25) is 4.72 Å². The van der Waals surface area contributed by atoms with Gasteiger partial charge in [-0.25, -0.2) is 17.6 Å². The second kappa shape index (κ2) is 5.71. The van der Waals surface area contributed by atoms with Crippen LogP contribution in [0.15, 0.2) is 47.4 Å². The van der Waals surface area contributed by atoms with Gasteiger partial charge < -0.3 is 5.11 Å². The molecule has 21 heavy (non-hydrogen) atoms. The van der Waals surface area contributed by atoms with Crippen LogP contribution in [0.3, 0.4) is 0 Å². The van der Waals surface area contributed by atoms with E-state index in [1.54, 1.807) is 0 Å². The smallest absolute Gasteiger partial charge is 0.337 e. The topological polar surface area (TPSA) is 83.5 Å². The van der Waals surface area contributed by atoms with Gasteiger partial charge in [-0.1, -0.05) is 17.7 Å². The van der Waals surface area contributed by atoms with Crippen molar-refractivity contribution in [1.82, 2.24) is 0 Å². The van der Waals surface area contributed by atoms with E-state index in [-0.39, 0.29) is 21.2 Å². The first-order valence-corrected chi connectivity index (χ1v) is 7.47. The molecule has 0 aliphatic carbocycles. The maximum Gasteiger partial charge on any atom is 0.337 e. The third-order valence-corrected chi connectivity index (χ3v) is 4.16. The van der Waals surface area contributed by atoms with Crippen LogP contribution in [0, 0.1) is 5.82 Å². The van der Waals surface area contributed by atoms with Crippen LogP contribution in [-0.4, -0.2) is 19.5 Å². The van der Waals surface area contributed by atoms with Crippen LogP contribution >= 0.6 is 11.6 Å². The van der Waals surface area contributed by atoms with Gasteiger partial charge in [0, 0.05) is 5.02 Å². The molecule has 0 saturated heterocycles. The number of sulfonamides is 1. The Kier molecular flexibility index (Phi) is 4.15. The minimum Gasteiger partial charge on any atom is -0.478 e. The van der Waals surface area contributed by atoms with Gasteiger partial charge in [0.05, 0.1) is 16.1 Å². The average molecular weight is 330 g/mol. The lowest BCUT2D eigenvalue weighted by Gasteiger charge is -2.11. The van der Waals surface area contributed by atoms with E-state index in [2.05, 4.69) is 4.72 Å². The minimum absolute atomic E-state index is 0.164. The van der Waals surface area contributed by atoms with Crippen molar-refractivity contribution in [2.75, 3.05) is 4.72 Å². The first-order chi connectivity index (χ1) is 9.79. The number of rotatable bonds is 4. The highest BCUT2D eigenvalue weighted by Gasteiger charge is 2.19. The molecule has 110 valence electrons. The molecule has 0 aliphatic heterocycles. The number of anilines is 1. The molecule has 0 radical (unpaired) electrons. The molecule has 0 spiro atoms. The van der Waals surface area contributed by atoms with E-state index in [1.165, 1.54) is 30.3 Å². The van der Waals surface area contributed by atoms with Crippen molar-refractivity contribution < 1.29 is 22.7 Å². The van der Waals surface area contributed by atoms with Crippen molar-refractivity contribution in [3.8, 4) is 0 Å². The summed E-state index contributed by atoms with van der Waals surface area (Å²) in [5, 5.41) is 9.19. The highest BCUT2D eigenvalue weighted by atomic mass is 35.5. The van der Waals surface area contributed by atoms with Crippen LogP contribution in [0.25, 0.3) is 0 Å². The van der Waals surface area contributed by atoms with Gasteiger partial charge in [0.1, 0.15) is 5.82 Å². The second-order valence-electron chi connectivity index (χ2n) is 4.06. The summed E-state index contributed by atoms with van der Waals surface area (Å²) in [5.41, 5.74) is -0.460. The zero-order chi connectivity index (χ0) is 15.6. The standard InChI is InChI=1S/C13H9ClFNO4S/c14-8-4-5-11(13(17)18)12(6-8)16-21(19,20)10-3-1-2-9(15)7-10/h1-7,16H,(H,17,18). The Labute approximate surface area is 125 Å². The number of aromatic carboxylic acids is 1. The number of carbonyl (C=O) groups is 1. The lowest BCUT2D eigenvalue weighted by atomic mass is 10.2. The SMILES string of the molecule is O=C(O)c1ccc(Cl)cc1NS(=O)(=O)c1cccc(F)c1. The van der Waals surface area contributed by atoms with Crippen LogP contribution in [0.1, 0.15) is 10.4 Å². The summed E-state index contributed by atoms with van der Waals surface area (Å²) in [4.78, 5) is 10.8. The zero-order valence-electron chi connectivity index (χ0n) is 10.4. The Morgan fingerprint density at radius 3 is 2.52 bits per heavy atom. The van der Waals surface area contributed by atoms with Gasteiger partial charge in [-0.05, 0) is 36.4 Å². The van der Waals surface area contributed by atoms with Gasteiger partial charge in [0.15, 0.2) is 0 Å². The first kappa shape index (κ1) is 15.3. The van der Waals surface area contributed by atoms with E-state index in [4.69, 9.17) is 16.7 Å². The van der Waals surface area contributed by atoms with Crippen LogP contribution in [0.2, 0.25) is 5.02 Å². The molecule has 0 aliphatic rings. The van der Waals surface area contributed by atoms with Gasteiger partial charge in [-0.2, -0.15) is 0 Å². The number of benzene rings is 2. The van der Waals surface area contributed by atoms with Crippen molar-refractivity contribution in [3.63, 3.8) is 0 Å². The normalized spacial score (nSPS) is 11.1. The number of halogens is 2. The largest absolute Gasteiger partial charge is 0.478 e. The molecular weight excluding hydrogens is 321 g/mol. The molecule has 2 aromatic carbocycles. The molecule has 0 aromatic heterocycles. The molecular formula is C13H9ClFNO4S. The fourth-order valence-corrected chi connectivity index (χ4v) is 2.90. The lowest BCUT2D eigenvalue weighted by molar-refractivity contribution is 0.0698. The molecule has 0 amide bonds. The Morgan fingerprint density at radius 2 is 1.90 bits per heavy atom. The van der Waals surface area contributed by atoms with E-state index in [9.17, 15) is 17.6 Å². The lowest BCUT2D eigenvalue weighted by Crippen LogP contribution is -2.15. The van der Waals surface area contributed by atoms with E-state index < -0.39 is 21.8 Å². The zero-order valence-corrected chi connectivity index (χ0v) is 12.0. The monoisotopic (exact) mass is 329 g/mol. The third kappa shape index (κ3) is 3.50. The van der Waals surface area contributed by atoms with Crippen LogP contribution < -0.4 is 4.72 Å². The highest BCUT2D eigenvalue weighted by Crippen LogP contribution is 2.24. The molecule has 0 saturated carbocycles. The third-order valence-electron chi connectivity index (χ3n) is 2.56. The van der Waals surface area contributed by atoms with Gasteiger partial charge in [0.25, 0.3) is 10.0 Å². The van der Waals surface area contributed by atoms with Gasteiger partial charge in [-0.15, -0.1) is 0 Å². The van der Waals surface area contributed by atoms with Crippen LogP contribution in [0.4, 0.5) is 10.1 Å². The van der Waals surface area contributed by atoms with Crippen molar-refractivity contribution >= 4 is 33.3 Å². The molecule has 2 aromatic rings. The quantitative estimate of drug-likeness (QED) is 0.903. The number of carboxylic acids is 1. The minimum atomic E-state index is -4.12. The van der Waals surface area contributed by atoms with Crippen molar-refractivity contribution in [2.45, 2.75) is 4.90 Å². The summed E-state index contributed by atoms with van der Waals surface area (Å²) < 4.78 is 39.4. The Hall–Kier alpha value is -2.12. The van der Waals surface area contributed by atoms with E-state index in [0.29, 0.717) is 0 Å². The molecule has 0 unspecified atom stereocenters. The molecule has 0 heterocycles. The molecule has 8 heteroatoms. The average Bonchev–Trinajstić information content (AvgIpc) is 2.38. The number of hydrogen-bond donors (Lipinski definition) is 2. The number of nitrogens with one attached hydrogen (secondary N) is 1. The van der Waals surface area contributed by atoms with Gasteiger partial charge >= 0.3 is 5.97 Å². The summed E-state index contributed by atoms with van der Waals surface area (Å²) in [5.74, 6) is -2.04. The van der Waals surface area contributed by atoms with Crippen LogP contribution in [0.5, 0.6) is 0 Å². The maximum absolute atomic E-state index is 13.1. The second-order valence-corrected chi connectivity index (χ2v) is 6.18. The molecule has 2 rings (SSSR count). The Morgan fingerprint density at radius 1 is 1.19 bits per heavy atom. The van der Waals surface area contributed by atoms with E-state index in [0.717, 1.165) is 12.1 Å². The molecule has 0 fully saturated rings. The fourth-order valence-electron chi connectivity index (χ4n) is 1.63. The Balaban J connectivity index is 2.46. The predicted molar refractivity (Wildman–Crippen MR) is 75.6 cm³/mol. The van der Waals surface area contributed by atoms with Gasteiger partial charge in [0.2, 0.25) is 0 Å². The van der Waals surface area contributed by atoms with E-state index >= 15 is 0 Å². The molecule has 0 bridgehead atoms. The van der Waals surface area contributed by atoms with Crippen LogP contribution in [-0.2, 0) is 10.0 Å². The molecule has 0 atom stereocenters. The summed E-state index contributed by atoms with van der Waals surface area (Å²) in [6.45, 7) is 0. The molecule has 2 N–H and O–H groups in total. The van der Waals surface area contributed by atoms with Crippen molar-refractivity contribution in [1.29, 1.82) is 0 Å². The summed E-state index contributed by atoms with van der Waals surface area (Å²) >= 11 is 5.73.